The van der Waals surface area contributed by atoms with E-state index in [-0.39, 0.29) is 11.2 Å². The predicted molar refractivity (Wildman–Crippen MR) is 47.9 cm³/mol. The van der Waals surface area contributed by atoms with E-state index in [9.17, 15) is 4.79 Å². The first-order valence-corrected chi connectivity index (χ1v) is 4.38. The molecule has 0 aliphatic heterocycles. The van der Waals surface area contributed by atoms with Crippen LogP contribution >= 0.6 is 0 Å². The molecular formula is C10H16O2. The number of carbonyl (C=O) groups is 1. The van der Waals surface area contributed by atoms with Crippen molar-refractivity contribution in [3.05, 3.63) is 11.8 Å². The average molecular weight is 168 g/mol. The van der Waals surface area contributed by atoms with Crippen molar-refractivity contribution in [2.24, 2.45) is 11.3 Å². The SMILES string of the molecule is CC1CCC(=CO)C(=O)C1(C)C. The van der Waals surface area contributed by atoms with Crippen LogP contribution in [-0.2, 0) is 4.79 Å². The van der Waals surface area contributed by atoms with Gasteiger partial charge in [-0.05, 0) is 18.8 Å². The van der Waals surface area contributed by atoms with Gasteiger partial charge in [0.25, 0.3) is 0 Å². The number of hydrogen-bond donors (Lipinski definition) is 1. The quantitative estimate of drug-likeness (QED) is 0.445. The number of aliphatic hydroxyl groups is 1. The van der Waals surface area contributed by atoms with E-state index in [4.69, 9.17) is 5.11 Å². The van der Waals surface area contributed by atoms with Gasteiger partial charge >= 0.3 is 0 Å². The second-order valence-corrected chi connectivity index (χ2v) is 4.14. The summed E-state index contributed by atoms with van der Waals surface area (Å²) >= 11 is 0. The van der Waals surface area contributed by atoms with Gasteiger partial charge in [-0.25, -0.2) is 0 Å². The van der Waals surface area contributed by atoms with Crippen LogP contribution in [0.2, 0.25) is 0 Å². The van der Waals surface area contributed by atoms with Crippen molar-refractivity contribution >= 4 is 5.78 Å². The Morgan fingerprint density at radius 2 is 2.17 bits per heavy atom. The largest absolute Gasteiger partial charge is 0.515 e. The molecular weight excluding hydrogens is 152 g/mol. The number of rotatable bonds is 0. The highest BCUT2D eigenvalue weighted by atomic mass is 16.2. The first kappa shape index (κ1) is 9.30. The maximum Gasteiger partial charge on any atom is 0.167 e. The molecule has 1 N–H and O–H groups in total. The summed E-state index contributed by atoms with van der Waals surface area (Å²) in [6.45, 7) is 5.98. The van der Waals surface area contributed by atoms with Gasteiger partial charge in [0.1, 0.15) is 0 Å². The Balaban J connectivity index is 2.93. The van der Waals surface area contributed by atoms with Crippen LogP contribution in [0.15, 0.2) is 11.8 Å². The van der Waals surface area contributed by atoms with E-state index in [1.807, 2.05) is 13.8 Å². The maximum absolute atomic E-state index is 11.7. The smallest absolute Gasteiger partial charge is 0.167 e. The zero-order valence-electron chi connectivity index (χ0n) is 7.92. The number of carbonyl (C=O) groups excluding carboxylic acids is 1. The molecule has 0 aromatic carbocycles. The van der Waals surface area contributed by atoms with Gasteiger partial charge in [-0.3, -0.25) is 4.79 Å². The van der Waals surface area contributed by atoms with E-state index in [1.165, 1.54) is 0 Å². The predicted octanol–water partition coefficient (Wildman–Crippen LogP) is 2.45. The standard InChI is InChI=1S/C10H16O2/c1-7-4-5-8(6-11)9(12)10(7,2)3/h6-7,11H,4-5H2,1-3H3. The molecule has 68 valence electrons. The summed E-state index contributed by atoms with van der Waals surface area (Å²) in [7, 11) is 0. The van der Waals surface area contributed by atoms with Crippen molar-refractivity contribution in [2.45, 2.75) is 33.6 Å². The minimum atomic E-state index is -0.299. The van der Waals surface area contributed by atoms with Gasteiger partial charge in [-0.1, -0.05) is 20.8 Å². The number of Topliss-reactive ketones (excluding diaryl/α,β-unsaturated/α-hetero) is 1. The Morgan fingerprint density at radius 1 is 1.58 bits per heavy atom. The van der Waals surface area contributed by atoms with E-state index < -0.39 is 0 Å². The molecule has 0 heterocycles. The van der Waals surface area contributed by atoms with Crippen LogP contribution in [0.4, 0.5) is 0 Å². The molecule has 1 saturated carbocycles. The fraction of sp³-hybridized carbons (Fsp3) is 0.700. The van der Waals surface area contributed by atoms with Crippen molar-refractivity contribution in [1.82, 2.24) is 0 Å². The van der Waals surface area contributed by atoms with E-state index in [0.717, 1.165) is 19.1 Å². The van der Waals surface area contributed by atoms with Gasteiger partial charge in [-0.2, -0.15) is 0 Å². The summed E-state index contributed by atoms with van der Waals surface area (Å²) in [5.74, 6) is 0.512. The van der Waals surface area contributed by atoms with E-state index in [2.05, 4.69) is 6.92 Å². The molecule has 0 aromatic heterocycles. The molecule has 0 aromatic rings. The Labute approximate surface area is 73.3 Å². The minimum Gasteiger partial charge on any atom is -0.515 e. The molecule has 1 aliphatic rings. The third-order valence-corrected chi connectivity index (χ3v) is 3.11. The monoisotopic (exact) mass is 168 g/mol. The number of aliphatic hydroxyl groups excluding tert-OH is 1. The summed E-state index contributed by atoms with van der Waals surface area (Å²) in [6, 6.07) is 0. The van der Waals surface area contributed by atoms with Crippen LogP contribution in [0, 0.1) is 11.3 Å². The molecule has 1 aliphatic carbocycles. The van der Waals surface area contributed by atoms with Gasteiger partial charge in [0.05, 0.1) is 6.26 Å². The molecule has 0 saturated heterocycles. The van der Waals surface area contributed by atoms with Crippen molar-refractivity contribution in [3.63, 3.8) is 0 Å². The van der Waals surface area contributed by atoms with Crippen molar-refractivity contribution in [2.75, 3.05) is 0 Å². The van der Waals surface area contributed by atoms with Crippen molar-refractivity contribution in [1.29, 1.82) is 0 Å². The van der Waals surface area contributed by atoms with Crippen molar-refractivity contribution in [3.8, 4) is 0 Å². The van der Waals surface area contributed by atoms with Crippen LogP contribution in [0.5, 0.6) is 0 Å². The van der Waals surface area contributed by atoms with Gasteiger partial charge in [0.15, 0.2) is 5.78 Å². The average Bonchev–Trinajstić information content (AvgIpc) is 2.02. The molecule has 0 bridgehead atoms. The van der Waals surface area contributed by atoms with Gasteiger partial charge in [0.2, 0.25) is 0 Å². The second-order valence-electron chi connectivity index (χ2n) is 4.14. The van der Waals surface area contributed by atoms with Gasteiger partial charge in [0, 0.05) is 11.0 Å². The maximum atomic E-state index is 11.7. The summed E-state index contributed by atoms with van der Waals surface area (Å²) in [4.78, 5) is 11.7. The normalized spacial score (nSPS) is 32.4. The van der Waals surface area contributed by atoms with Crippen LogP contribution in [-0.4, -0.2) is 10.9 Å². The Morgan fingerprint density at radius 3 is 2.67 bits per heavy atom. The number of allylic oxidation sites excluding steroid dienone is 1. The van der Waals surface area contributed by atoms with Gasteiger partial charge < -0.3 is 5.11 Å². The molecule has 0 radical (unpaired) electrons. The highest BCUT2D eigenvalue weighted by Crippen LogP contribution is 2.39. The van der Waals surface area contributed by atoms with E-state index in [1.54, 1.807) is 0 Å². The number of hydrogen-bond acceptors (Lipinski definition) is 2. The van der Waals surface area contributed by atoms with Gasteiger partial charge in [-0.15, -0.1) is 0 Å². The molecule has 1 rings (SSSR count). The summed E-state index contributed by atoms with van der Waals surface area (Å²) in [5, 5.41) is 8.80. The summed E-state index contributed by atoms with van der Waals surface area (Å²) < 4.78 is 0. The zero-order valence-corrected chi connectivity index (χ0v) is 7.92. The third kappa shape index (κ3) is 1.26. The van der Waals surface area contributed by atoms with E-state index >= 15 is 0 Å². The lowest BCUT2D eigenvalue weighted by Gasteiger charge is -2.35. The van der Waals surface area contributed by atoms with Crippen LogP contribution in [0.1, 0.15) is 33.6 Å². The molecule has 1 unspecified atom stereocenters. The van der Waals surface area contributed by atoms with Crippen LogP contribution in [0.25, 0.3) is 0 Å². The first-order valence-electron chi connectivity index (χ1n) is 4.38. The lowest BCUT2D eigenvalue weighted by Crippen LogP contribution is -2.36. The molecule has 2 nitrogen and oxygen atoms in total. The molecule has 12 heavy (non-hydrogen) atoms. The fourth-order valence-electron chi connectivity index (χ4n) is 1.61. The zero-order chi connectivity index (χ0) is 9.35. The third-order valence-electron chi connectivity index (χ3n) is 3.11. The lowest BCUT2D eigenvalue weighted by atomic mass is 9.67. The Bertz CT molecular complexity index is 226. The fourth-order valence-corrected chi connectivity index (χ4v) is 1.61. The highest BCUT2D eigenvalue weighted by Gasteiger charge is 2.39. The topological polar surface area (TPSA) is 37.3 Å². The highest BCUT2D eigenvalue weighted by molar-refractivity contribution is 6.00. The Hall–Kier alpha value is -0.790. The minimum absolute atomic E-state index is 0.101. The van der Waals surface area contributed by atoms with Crippen LogP contribution in [0.3, 0.4) is 0 Å². The molecule has 0 amide bonds. The number of ketones is 1. The summed E-state index contributed by atoms with van der Waals surface area (Å²) in [6.07, 6.45) is 2.68. The van der Waals surface area contributed by atoms with Crippen molar-refractivity contribution < 1.29 is 9.90 Å². The Kier molecular flexibility index (Phi) is 2.27. The first-order chi connectivity index (χ1) is 5.50. The second kappa shape index (κ2) is 2.92. The lowest BCUT2D eigenvalue weighted by molar-refractivity contribution is -0.127. The molecule has 1 atom stereocenters. The molecule has 0 spiro atoms. The van der Waals surface area contributed by atoms with E-state index in [0.29, 0.717) is 11.5 Å². The summed E-state index contributed by atoms with van der Waals surface area (Å²) in [5.41, 5.74) is 0.283. The molecule has 1 fully saturated rings. The van der Waals surface area contributed by atoms with Crippen LogP contribution < -0.4 is 0 Å². The molecule has 2 heteroatoms.